The van der Waals surface area contributed by atoms with Crippen LogP contribution in [-0.4, -0.2) is 20.7 Å². The molecule has 0 N–H and O–H groups in total. The van der Waals surface area contributed by atoms with Crippen LogP contribution in [0.25, 0.3) is 0 Å². The van der Waals surface area contributed by atoms with Gasteiger partial charge in [-0.3, -0.25) is 0 Å². The third-order valence-electron chi connectivity index (χ3n) is 2.86. The van der Waals surface area contributed by atoms with Crippen LogP contribution in [-0.2, 0) is 9.22 Å². The quantitative estimate of drug-likeness (QED) is 0.418. The van der Waals surface area contributed by atoms with Gasteiger partial charge in [-0.15, -0.1) is 5.92 Å². The molecule has 0 aromatic heterocycles. The van der Waals surface area contributed by atoms with Crippen molar-refractivity contribution in [2.24, 2.45) is 0 Å². The molecule has 86 valence electrons. The molecule has 0 aliphatic heterocycles. The fourth-order valence-electron chi connectivity index (χ4n) is 0.917. The van der Waals surface area contributed by atoms with Crippen molar-refractivity contribution < 1.29 is 9.22 Å². The third kappa shape index (κ3) is 4.63. The summed E-state index contributed by atoms with van der Waals surface area (Å²) >= 11 is 0. The normalized spacial score (nSPS) is 14.0. The lowest BCUT2D eigenvalue weighted by Crippen LogP contribution is -2.43. The predicted molar refractivity (Wildman–Crippen MR) is 66.2 cm³/mol. The first-order chi connectivity index (χ1) is 6.74. The van der Waals surface area contributed by atoms with Crippen molar-refractivity contribution in [3.63, 3.8) is 0 Å². The Morgan fingerprint density at radius 1 is 1.40 bits per heavy atom. The maximum Gasteiger partial charge on any atom is 0.193 e. The molecule has 0 saturated heterocycles. The molecule has 0 radical (unpaired) electrons. The number of carbonyl (C=O) groups excluding carboxylic acids is 1. The average molecular weight is 226 g/mol. The lowest BCUT2D eigenvalue weighted by atomic mass is 10.2. The number of rotatable bonds is 4. The highest BCUT2D eigenvalue weighted by atomic mass is 28.4. The second-order valence-corrected chi connectivity index (χ2v) is 9.92. The molecule has 0 aromatic rings. The van der Waals surface area contributed by atoms with Gasteiger partial charge >= 0.3 is 0 Å². The fourth-order valence-corrected chi connectivity index (χ4v) is 2.14. The summed E-state index contributed by atoms with van der Waals surface area (Å²) in [6.07, 6.45) is 1.02. The summed E-state index contributed by atoms with van der Waals surface area (Å²) in [7, 11) is -1.80. The standard InChI is InChI=1S/C12H22O2Si/c1-7-8-11(9-10-13)14-15(5,6)12(2,3)4/h10-11H,9H2,1-6H3/t11-/m1/s1. The van der Waals surface area contributed by atoms with Crippen LogP contribution in [0.5, 0.6) is 0 Å². The zero-order chi connectivity index (χ0) is 12.1. The summed E-state index contributed by atoms with van der Waals surface area (Å²) in [5.41, 5.74) is 0. The molecule has 15 heavy (non-hydrogen) atoms. The van der Waals surface area contributed by atoms with Crippen LogP contribution in [0.1, 0.15) is 34.1 Å². The fraction of sp³-hybridized carbons (Fsp3) is 0.750. The van der Waals surface area contributed by atoms with Crippen molar-refractivity contribution in [1.82, 2.24) is 0 Å². The minimum absolute atomic E-state index is 0.156. The van der Waals surface area contributed by atoms with Gasteiger partial charge in [-0.25, -0.2) is 0 Å². The van der Waals surface area contributed by atoms with Gasteiger partial charge in [-0.05, 0) is 25.1 Å². The number of hydrogen-bond donors (Lipinski definition) is 0. The van der Waals surface area contributed by atoms with E-state index in [1.807, 2.05) is 0 Å². The summed E-state index contributed by atoms with van der Waals surface area (Å²) in [4.78, 5) is 10.5. The van der Waals surface area contributed by atoms with Gasteiger partial charge in [-0.1, -0.05) is 26.7 Å². The molecule has 0 aliphatic carbocycles. The van der Waals surface area contributed by atoms with Crippen molar-refractivity contribution >= 4 is 14.6 Å². The molecule has 0 heterocycles. The largest absolute Gasteiger partial charge is 0.403 e. The Labute approximate surface area is 94.5 Å². The van der Waals surface area contributed by atoms with E-state index >= 15 is 0 Å². The minimum Gasteiger partial charge on any atom is -0.403 e. The molecule has 3 heteroatoms. The number of hydrogen-bond acceptors (Lipinski definition) is 2. The highest BCUT2D eigenvalue weighted by molar-refractivity contribution is 6.74. The van der Waals surface area contributed by atoms with E-state index in [-0.39, 0.29) is 11.1 Å². The molecule has 1 atom stereocenters. The zero-order valence-corrected chi connectivity index (χ0v) is 11.7. The van der Waals surface area contributed by atoms with Crippen molar-refractivity contribution in [2.75, 3.05) is 0 Å². The van der Waals surface area contributed by atoms with Crippen LogP contribution >= 0.6 is 0 Å². The van der Waals surface area contributed by atoms with E-state index in [1.54, 1.807) is 6.92 Å². The highest BCUT2D eigenvalue weighted by Crippen LogP contribution is 2.37. The van der Waals surface area contributed by atoms with Crippen LogP contribution in [0.15, 0.2) is 0 Å². The molecule has 0 saturated carbocycles. The van der Waals surface area contributed by atoms with Crippen molar-refractivity contribution in [3.8, 4) is 11.8 Å². The summed E-state index contributed by atoms with van der Waals surface area (Å²) in [6.45, 7) is 12.6. The molecule has 2 nitrogen and oxygen atoms in total. The van der Waals surface area contributed by atoms with E-state index in [1.165, 1.54) is 0 Å². The molecule has 0 unspecified atom stereocenters. The first-order valence-electron chi connectivity index (χ1n) is 5.28. The van der Waals surface area contributed by atoms with Gasteiger partial charge in [0.05, 0.1) is 0 Å². The van der Waals surface area contributed by atoms with E-state index in [0.717, 1.165) is 6.29 Å². The van der Waals surface area contributed by atoms with Gasteiger partial charge in [0, 0.05) is 6.42 Å². The van der Waals surface area contributed by atoms with Gasteiger partial charge in [0.1, 0.15) is 12.4 Å². The average Bonchev–Trinajstić information content (AvgIpc) is 2.02. The molecule has 0 fully saturated rings. The van der Waals surface area contributed by atoms with Gasteiger partial charge < -0.3 is 9.22 Å². The number of carbonyl (C=O) groups is 1. The topological polar surface area (TPSA) is 26.3 Å². The first-order valence-corrected chi connectivity index (χ1v) is 8.19. The smallest absolute Gasteiger partial charge is 0.193 e. The Morgan fingerprint density at radius 2 is 1.93 bits per heavy atom. The van der Waals surface area contributed by atoms with Crippen LogP contribution in [0, 0.1) is 11.8 Å². The lowest BCUT2D eigenvalue weighted by molar-refractivity contribution is -0.108. The van der Waals surface area contributed by atoms with Crippen LogP contribution in [0.3, 0.4) is 0 Å². The Bertz CT molecular complexity index is 266. The predicted octanol–water partition coefficient (Wildman–Crippen LogP) is 2.99. The Morgan fingerprint density at radius 3 is 2.27 bits per heavy atom. The van der Waals surface area contributed by atoms with Crippen LogP contribution in [0.4, 0.5) is 0 Å². The summed E-state index contributed by atoms with van der Waals surface area (Å²) in [5.74, 6) is 5.76. The van der Waals surface area contributed by atoms with Crippen LogP contribution in [0.2, 0.25) is 18.1 Å². The van der Waals surface area contributed by atoms with Crippen molar-refractivity contribution in [1.29, 1.82) is 0 Å². The van der Waals surface area contributed by atoms with E-state index in [9.17, 15) is 4.79 Å². The van der Waals surface area contributed by atoms with Crippen molar-refractivity contribution in [2.45, 2.75) is 58.4 Å². The molecule has 0 spiro atoms. The van der Waals surface area contributed by atoms with Gasteiger partial charge in [-0.2, -0.15) is 0 Å². The summed E-state index contributed by atoms with van der Waals surface area (Å²) < 4.78 is 6.02. The van der Waals surface area contributed by atoms with Gasteiger partial charge in [0.15, 0.2) is 8.32 Å². The monoisotopic (exact) mass is 226 g/mol. The molecule has 0 rings (SSSR count). The van der Waals surface area contributed by atoms with Crippen molar-refractivity contribution in [3.05, 3.63) is 0 Å². The van der Waals surface area contributed by atoms with Gasteiger partial charge in [0.25, 0.3) is 0 Å². The maximum absolute atomic E-state index is 10.5. The summed E-state index contributed by atoms with van der Waals surface area (Å²) in [6, 6.07) is 0. The summed E-state index contributed by atoms with van der Waals surface area (Å²) in [5, 5.41) is 0.156. The Hall–Kier alpha value is -0.593. The van der Waals surface area contributed by atoms with Crippen LogP contribution < -0.4 is 0 Å². The Kier molecular flexibility index (Phi) is 5.26. The van der Waals surface area contributed by atoms with E-state index < -0.39 is 8.32 Å². The molecule has 0 amide bonds. The molecular formula is C12H22O2Si. The molecule has 0 aliphatic rings. The SMILES string of the molecule is CC#C[C@H](CC=O)O[Si](C)(C)C(C)(C)C. The highest BCUT2D eigenvalue weighted by Gasteiger charge is 2.38. The lowest BCUT2D eigenvalue weighted by Gasteiger charge is -2.37. The second-order valence-electron chi connectivity index (χ2n) is 5.16. The third-order valence-corrected chi connectivity index (χ3v) is 7.34. The Balaban J connectivity index is 4.63. The molecular weight excluding hydrogens is 204 g/mol. The van der Waals surface area contributed by atoms with E-state index in [0.29, 0.717) is 6.42 Å². The molecule has 0 bridgehead atoms. The first kappa shape index (κ1) is 14.4. The molecule has 0 aromatic carbocycles. The van der Waals surface area contributed by atoms with Gasteiger partial charge in [0.2, 0.25) is 0 Å². The van der Waals surface area contributed by atoms with E-state index in [4.69, 9.17) is 4.43 Å². The zero-order valence-electron chi connectivity index (χ0n) is 10.7. The maximum atomic E-state index is 10.5. The minimum atomic E-state index is -1.80. The number of aldehydes is 1. The second kappa shape index (κ2) is 5.48. The van der Waals surface area contributed by atoms with E-state index in [2.05, 4.69) is 45.7 Å².